The normalized spacial score (nSPS) is 15.1. The number of thiazole rings is 1. The van der Waals surface area contributed by atoms with Gasteiger partial charge in [-0.15, -0.1) is 11.3 Å². The van der Waals surface area contributed by atoms with Gasteiger partial charge in [-0.25, -0.2) is 4.98 Å². The van der Waals surface area contributed by atoms with Gasteiger partial charge in [0.15, 0.2) is 11.5 Å². The first kappa shape index (κ1) is 18.5. The quantitative estimate of drug-likeness (QED) is 0.618. The van der Waals surface area contributed by atoms with Gasteiger partial charge in [-0.2, -0.15) is 0 Å². The van der Waals surface area contributed by atoms with Crippen LogP contribution in [-0.2, 0) is 13.0 Å². The lowest BCUT2D eigenvalue weighted by molar-refractivity contribution is 0.0730. The zero-order valence-corrected chi connectivity index (χ0v) is 16.7. The molecule has 6 heteroatoms. The van der Waals surface area contributed by atoms with Gasteiger partial charge in [-0.05, 0) is 42.2 Å². The largest absolute Gasteiger partial charge is 0.493 e. The summed E-state index contributed by atoms with van der Waals surface area (Å²) in [7, 11) is 3.45. The van der Waals surface area contributed by atoms with Crippen LogP contribution in [0, 0.1) is 0 Å². The second-order valence-electron chi connectivity index (χ2n) is 6.80. The highest BCUT2D eigenvalue weighted by Gasteiger charge is 2.29. The summed E-state index contributed by atoms with van der Waals surface area (Å²) >= 11 is 1.53. The molecule has 0 N–H and O–H groups in total. The van der Waals surface area contributed by atoms with Crippen molar-refractivity contribution < 1.29 is 14.3 Å². The van der Waals surface area contributed by atoms with Crippen molar-refractivity contribution >= 4 is 17.2 Å². The van der Waals surface area contributed by atoms with Gasteiger partial charge in [-0.3, -0.25) is 4.79 Å². The first-order valence-electron chi connectivity index (χ1n) is 9.20. The molecule has 5 nitrogen and oxygen atoms in total. The molecule has 2 aromatic carbocycles. The Morgan fingerprint density at radius 1 is 1.25 bits per heavy atom. The SMILES string of the molecule is COc1cc(C(=O)N(C)C2CCc3ccccc32)ccc1OCc1cscn1. The van der Waals surface area contributed by atoms with Gasteiger partial charge >= 0.3 is 0 Å². The van der Waals surface area contributed by atoms with Crippen LogP contribution in [0.3, 0.4) is 0 Å². The third-order valence-electron chi connectivity index (χ3n) is 5.16. The molecule has 1 amide bonds. The molecule has 0 radical (unpaired) electrons. The number of amides is 1. The van der Waals surface area contributed by atoms with Crippen molar-refractivity contribution in [3.8, 4) is 11.5 Å². The van der Waals surface area contributed by atoms with Crippen LogP contribution in [0.1, 0.15) is 39.6 Å². The van der Waals surface area contributed by atoms with Crippen LogP contribution in [0.4, 0.5) is 0 Å². The first-order valence-corrected chi connectivity index (χ1v) is 10.1. The minimum Gasteiger partial charge on any atom is -0.493 e. The smallest absolute Gasteiger partial charge is 0.254 e. The molecule has 0 saturated heterocycles. The maximum atomic E-state index is 13.1. The molecule has 1 aromatic heterocycles. The summed E-state index contributed by atoms with van der Waals surface area (Å²) in [6.07, 6.45) is 1.96. The molecule has 4 rings (SSSR count). The molecule has 1 atom stereocenters. The fourth-order valence-corrected chi connectivity index (χ4v) is 4.21. The van der Waals surface area contributed by atoms with Gasteiger partial charge < -0.3 is 14.4 Å². The van der Waals surface area contributed by atoms with Crippen LogP contribution in [0.25, 0.3) is 0 Å². The van der Waals surface area contributed by atoms with Crippen LogP contribution >= 0.6 is 11.3 Å². The molecule has 144 valence electrons. The van der Waals surface area contributed by atoms with Crippen LogP contribution in [-0.4, -0.2) is 29.9 Å². The summed E-state index contributed by atoms with van der Waals surface area (Å²) in [5.41, 5.74) is 5.80. The number of ether oxygens (including phenoxy) is 2. The molecule has 0 spiro atoms. The van der Waals surface area contributed by atoms with Gasteiger partial charge in [-0.1, -0.05) is 24.3 Å². The van der Waals surface area contributed by atoms with Gasteiger partial charge in [0.25, 0.3) is 5.91 Å². The van der Waals surface area contributed by atoms with Crippen molar-refractivity contribution in [1.29, 1.82) is 0 Å². The molecule has 0 saturated carbocycles. The minimum absolute atomic E-state index is 0.0222. The van der Waals surface area contributed by atoms with E-state index in [0.29, 0.717) is 23.7 Å². The van der Waals surface area contributed by atoms with Gasteiger partial charge in [0.05, 0.1) is 24.4 Å². The second kappa shape index (κ2) is 8.02. The number of hydrogen-bond donors (Lipinski definition) is 0. The Morgan fingerprint density at radius 3 is 2.89 bits per heavy atom. The predicted molar refractivity (Wildman–Crippen MR) is 109 cm³/mol. The minimum atomic E-state index is -0.0222. The van der Waals surface area contributed by atoms with Crippen molar-refractivity contribution in [3.63, 3.8) is 0 Å². The standard InChI is InChI=1S/C22H22N2O3S/c1-24(19-9-7-15-5-3-4-6-18(15)19)22(25)16-8-10-20(21(11-16)26-2)27-12-17-13-28-14-23-17/h3-6,8,10-11,13-14,19H,7,9,12H2,1-2H3. The summed E-state index contributed by atoms with van der Waals surface area (Å²) in [4.78, 5) is 19.1. The van der Waals surface area contributed by atoms with E-state index < -0.39 is 0 Å². The van der Waals surface area contributed by atoms with Crippen LogP contribution in [0.2, 0.25) is 0 Å². The number of carbonyl (C=O) groups is 1. The Morgan fingerprint density at radius 2 is 2.11 bits per heavy atom. The molecule has 1 aliphatic carbocycles. The lowest BCUT2D eigenvalue weighted by atomic mass is 10.1. The van der Waals surface area contributed by atoms with Crippen LogP contribution in [0.5, 0.6) is 11.5 Å². The van der Waals surface area contributed by atoms with E-state index in [0.717, 1.165) is 18.5 Å². The van der Waals surface area contributed by atoms with E-state index >= 15 is 0 Å². The summed E-state index contributed by atoms with van der Waals surface area (Å²) in [5.74, 6) is 1.12. The van der Waals surface area contributed by atoms with Crippen LogP contribution < -0.4 is 9.47 Å². The van der Waals surface area contributed by atoms with E-state index in [1.807, 2.05) is 23.4 Å². The molecule has 0 fully saturated rings. The predicted octanol–water partition coefficient (Wildman–Crippen LogP) is 4.49. The molecule has 28 heavy (non-hydrogen) atoms. The van der Waals surface area contributed by atoms with Crippen molar-refractivity contribution in [3.05, 3.63) is 75.7 Å². The van der Waals surface area contributed by atoms with E-state index in [-0.39, 0.29) is 11.9 Å². The first-order chi connectivity index (χ1) is 13.7. The van der Waals surface area contributed by atoms with Gasteiger partial charge in [0, 0.05) is 18.0 Å². The second-order valence-corrected chi connectivity index (χ2v) is 7.52. The highest BCUT2D eigenvalue weighted by molar-refractivity contribution is 7.07. The average molecular weight is 394 g/mol. The Labute approximate surface area is 168 Å². The zero-order chi connectivity index (χ0) is 19.5. The molecule has 1 heterocycles. The number of methoxy groups -OCH3 is 1. The Kier molecular flexibility index (Phi) is 5.30. The summed E-state index contributed by atoms with van der Waals surface area (Å²) in [6.45, 7) is 0.367. The number of fused-ring (bicyclic) bond motifs is 1. The highest BCUT2D eigenvalue weighted by Crippen LogP contribution is 2.36. The number of nitrogens with zero attached hydrogens (tertiary/aromatic N) is 2. The Hall–Kier alpha value is -2.86. The number of rotatable bonds is 6. The van der Waals surface area contributed by atoms with E-state index in [1.165, 1.54) is 22.5 Å². The molecule has 1 aliphatic rings. The summed E-state index contributed by atoms with van der Waals surface area (Å²) < 4.78 is 11.3. The summed E-state index contributed by atoms with van der Waals surface area (Å²) in [6, 6.07) is 13.8. The van der Waals surface area contributed by atoms with Crippen molar-refractivity contribution in [1.82, 2.24) is 9.88 Å². The lowest BCUT2D eigenvalue weighted by Gasteiger charge is -2.26. The van der Waals surface area contributed by atoms with E-state index in [1.54, 1.807) is 30.8 Å². The third kappa shape index (κ3) is 3.60. The average Bonchev–Trinajstić information content (AvgIpc) is 3.40. The van der Waals surface area contributed by atoms with Gasteiger partial charge in [0.2, 0.25) is 0 Å². The molecular weight excluding hydrogens is 372 g/mol. The number of aryl methyl sites for hydroxylation is 1. The van der Waals surface area contributed by atoms with Crippen molar-refractivity contribution in [2.24, 2.45) is 0 Å². The monoisotopic (exact) mass is 394 g/mol. The fraction of sp³-hybridized carbons (Fsp3) is 0.273. The number of carbonyl (C=O) groups excluding carboxylic acids is 1. The fourth-order valence-electron chi connectivity index (χ4n) is 3.66. The number of aromatic nitrogens is 1. The van der Waals surface area contributed by atoms with Crippen molar-refractivity contribution in [2.75, 3.05) is 14.2 Å². The van der Waals surface area contributed by atoms with Crippen molar-refractivity contribution in [2.45, 2.75) is 25.5 Å². The molecule has 3 aromatic rings. The Balaban J connectivity index is 1.51. The third-order valence-corrected chi connectivity index (χ3v) is 5.79. The molecular formula is C22H22N2O3S. The number of hydrogen-bond acceptors (Lipinski definition) is 5. The molecule has 0 bridgehead atoms. The maximum Gasteiger partial charge on any atom is 0.254 e. The van der Waals surface area contributed by atoms with E-state index in [9.17, 15) is 4.79 Å². The van der Waals surface area contributed by atoms with Crippen LogP contribution in [0.15, 0.2) is 53.4 Å². The number of benzene rings is 2. The zero-order valence-electron chi connectivity index (χ0n) is 15.9. The topological polar surface area (TPSA) is 51.7 Å². The molecule has 0 aliphatic heterocycles. The van der Waals surface area contributed by atoms with E-state index in [2.05, 4.69) is 23.2 Å². The lowest BCUT2D eigenvalue weighted by Crippen LogP contribution is -2.30. The Bertz CT molecular complexity index is 972. The maximum absolute atomic E-state index is 13.1. The van der Waals surface area contributed by atoms with E-state index in [4.69, 9.17) is 9.47 Å². The van der Waals surface area contributed by atoms with Gasteiger partial charge in [0.1, 0.15) is 6.61 Å². The highest BCUT2D eigenvalue weighted by atomic mass is 32.1. The molecule has 1 unspecified atom stereocenters. The summed E-state index contributed by atoms with van der Waals surface area (Å²) in [5, 5.41) is 1.94.